The molecule has 0 aliphatic heterocycles. The lowest BCUT2D eigenvalue weighted by Crippen LogP contribution is -2.03. The Bertz CT molecular complexity index is 1050. The van der Waals surface area contributed by atoms with Crippen molar-refractivity contribution in [1.82, 2.24) is 0 Å². The Morgan fingerprint density at radius 1 is 1.00 bits per heavy atom. The fourth-order valence-electron chi connectivity index (χ4n) is 4.26. The minimum atomic E-state index is -0.741. The maximum atomic E-state index is 14.2. The van der Waals surface area contributed by atoms with E-state index in [1.54, 1.807) is 0 Å². The van der Waals surface area contributed by atoms with Crippen LogP contribution < -0.4 is 0 Å². The average Bonchev–Trinajstić information content (AvgIpc) is 3.20. The van der Waals surface area contributed by atoms with Crippen molar-refractivity contribution in [2.24, 2.45) is 10.9 Å². The quantitative estimate of drug-likeness (QED) is 0.310. The third-order valence-corrected chi connectivity index (χ3v) is 5.84. The van der Waals surface area contributed by atoms with Gasteiger partial charge in [0.25, 0.3) is 0 Å². The maximum absolute atomic E-state index is 14.2. The van der Waals surface area contributed by atoms with Gasteiger partial charge in [0.1, 0.15) is 11.6 Å². The summed E-state index contributed by atoms with van der Waals surface area (Å²) in [6.45, 7) is 0. The van der Waals surface area contributed by atoms with Gasteiger partial charge in [-0.25, -0.2) is 8.78 Å². The molecule has 0 heterocycles. The molecule has 0 atom stereocenters. The predicted octanol–water partition coefficient (Wildman–Crippen LogP) is 6.81. The summed E-state index contributed by atoms with van der Waals surface area (Å²) >= 11 is 4.47. The number of rotatable bonds is 3. The summed E-state index contributed by atoms with van der Waals surface area (Å²) in [5.74, 6) is 4.95. The topological polar surface area (TPSA) is 12.4 Å². The molecular weight excluding hydrogens is 384 g/mol. The van der Waals surface area contributed by atoms with Crippen molar-refractivity contribution in [3.63, 3.8) is 0 Å². The highest BCUT2D eigenvalue weighted by molar-refractivity contribution is 7.78. The van der Waals surface area contributed by atoms with E-state index in [1.807, 2.05) is 6.08 Å². The van der Waals surface area contributed by atoms with Crippen LogP contribution in [0.5, 0.6) is 0 Å². The fraction of sp³-hybridized carbons (Fsp3) is 0.320. The molecule has 1 saturated carbocycles. The Balaban J connectivity index is 1.54. The fourth-order valence-corrected chi connectivity index (χ4v) is 4.36. The first-order valence-electron chi connectivity index (χ1n) is 10.0. The molecule has 4 rings (SSSR count). The summed E-state index contributed by atoms with van der Waals surface area (Å²) in [6.07, 6.45) is 10.3. The summed E-state index contributed by atoms with van der Waals surface area (Å²) in [7, 11) is 0. The highest BCUT2D eigenvalue weighted by Crippen LogP contribution is 2.30. The Morgan fingerprint density at radius 3 is 2.48 bits per heavy atom. The molecule has 2 aromatic carbocycles. The van der Waals surface area contributed by atoms with E-state index in [2.05, 4.69) is 52.4 Å². The van der Waals surface area contributed by atoms with Gasteiger partial charge in [-0.15, -0.1) is 0 Å². The van der Waals surface area contributed by atoms with E-state index in [-0.39, 0.29) is 11.3 Å². The zero-order chi connectivity index (χ0) is 20.2. The molecule has 0 amide bonds. The summed E-state index contributed by atoms with van der Waals surface area (Å²) in [5, 5.41) is 2.10. The van der Waals surface area contributed by atoms with E-state index < -0.39 is 11.6 Å². The van der Waals surface area contributed by atoms with Gasteiger partial charge in [-0.05, 0) is 60.2 Å². The van der Waals surface area contributed by atoms with Crippen molar-refractivity contribution in [1.29, 1.82) is 0 Å². The zero-order valence-corrected chi connectivity index (χ0v) is 16.9. The van der Waals surface area contributed by atoms with Crippen LogP contribution in [0.15, 0.2) is 40.9 Å². The highest BCUT2D eigenvalue weighted by Gasteiger charge is 2.17. The molecule has 0 bridgehead atoms. The Kier molecular flexibility index (Phi) is 6.00. The monoisotopic (exact) mass is 405 g/mol. The van der Waals surface area contributed by atoms with Crippen LogP contribution in [0.3, 0.4) is 0 Å². The van der Waals surface area contributed by atoms with Crippen molar-refractivity contribution in [2.75, 3.05) is 0 Å². The number of allylic oxidation sites excluding steroid dienone is 1. The summed E-state index contributed by atoms with van der Waals surface area (Å²) in [5.41, 5.74) is 4.66. The molecule has 4 heteroatoms. The number of benzene rings is 2. The Hall–Kier alpha value is -2.60. The van der Waals surface area contributed by atoms with Crippen LogP contribution >= 0.6 is 12.2 Å². The second-order valence-electron chi connectivity index (χ2n) is 7.79. The van der Waals surface area contributed by atoms with Crippen LogP contribution in [-0.2, 0) is 12.8 Å². The number of hydrogen-bond donors (Lipinski definition) is 0. The number of isothiocyanates is 1. The second kappa shape index (κ2) is 8.82. The van der Waals surface area contributed by atoms with E-state index >= 15 is 0 Å². The molecule has 0 aromatic heterocycles. The normalized spacial score (nSPS) is 15.7. The first-order valence-corrected chi connectivity index (χ1v) is 10.4. The molecule has 2 aromatic rings. The molecule has 0 saturated heterocycles. The molecule has 1 nitrogen and oxygen atoms in total. The third-order valence-electron chi connectivity index (χ3n) is 5.75. The number of hydrogen-bond acceptors (Lipinski definition) is 2. The SMILES string of the molecule is Fc1cc(N=C=S)cc(F)c1C#CC1=Cc2ccc(CC3CCCC3)cc2CC1. The van der Waals surface area contributed by atoms with E-state index in [0.29, 0.717) is 0 Å². The lowest BCUT2D eigenvalue weighted by Gasteiger charge is -2.16. The van der Waals surface area contributed by atoms with Crippen LogP contribution in [0.25, 0.3) is 6.08 Å². The number of aliphatic imine (C=N–C) groups is 1. The third kappa shape index (κ3) is 4.70. The number of thiocarbonyl (C=S) groups is 1. The van der Waals surface area contributed by atoms with Crippen LogP contribution in [-0.4, -0.2) is 5.16 Å². The van der Waals surface area contributed by atoms with Gasteiger partial charge in [0, 0.05) is 17.7 Å². The smallest absolute Gasteiger partial charge is 0.143 e. The summed E-state index contributed by atoms with van der Waals surface area (Å²) in [4.78, 5) is 3.61. The van der Waals surface area contributed by atoms with Crippen LogP contribution in [0, 0.1) is 29.4 Å². The average molecular weight is 406 g/mol. The van der Waals surface area contributed by atoms with E-state index in [0.717, 1.165) is 42.0 Å². The van der Waals surface area contributed by atoms with Crippen LogP contribution in [0.4, 0.5) is 14.5 Å². The Morgan fingerprint density at radius 2 is 1.76 bits per heavy atom. The lowest BCUT2D eigenvalue weighted by molar-refractivity contribution is 0.546. The molecular formula is C25H21F2NS. The molecule has 0 spiro atoms. The van der Waals surface area contributed by atoms with Crippen LogP contribution in [0.1, 0.15) is 54.4 Å². The molecule has 146 valence electrons. The summed E-state index contributed by atoms with van der Waals surface area (Å²) in [6, 6.07) is 8.91. The molecule has 0 radical (unpaired) electrons. The standard InChI is InChI=1S/C25H21F2NS/c26-24-14-22(28-16-29)15-25(27)23(24)10-7-18-5-8-21-13-19(6-9-20(21)12-18)11-17-3-1-2-4-17/h6,9,12-15,17H,1-5,8,11H2. The molecule has 0 N–H and O–H groups in total. The number of aryl methyl sites for hydroxylation is 1. The maximum Gasteiger partial charge on any atom is 0.143 e. The van der Waals surface area contributed by atoms with Crippen LogP contribution in [0.2, 0.25) is 0 Å². The Labute approximate surface area is 175 Å². The van der Waals surface area contributed by atoms with Crippen molar-refractivity contribution in [3.05, 3.63) is 69.8 Å². The van der Waals surface area contributed by atoms with Gasteiger partial charge >= 0.3 is 0 Å². The minimum Gasteiger partial charge on any atom is -0.205 e. The minimum absolute atomic E-state index is 0.0970. The van der Waals surface area contributed by atoms with E-state index in [4.69, 9.17) is 0 Å². The number of halogens is 2. The van der Waals surface area contributed by atoms with Gasteiger partial charge in [0.05, 0.1) is 16.4 Å². The van der Waals surface area contributed by atoms with Gasteiger partial charge < -0.3 is 0 Å². The molecule has 1 fully saturated rings. The molecule has 2 aliphatic carbocycles. The van der Waals surface area contributed by atoms with Gasteiger partial charge in [-0.2, -0.15) is 4.99 Å². The number of nitrogens with zero attached hydrogens (tertiary/aromatic N) is 1. The highest BCUT2D eigenvalue weighted by atomic mass is 32.1. The van der Waals surface area contributed by atoms with E-state index in [1.165, 1.54) is 43.2 Å². The zero-order valence-electron chi connectivity index (χ0n) is 16.1. The largest absolute Gasteiger partial charge is 0.205 e. The van der Waals surface area contributed by atoms with Gasteiger partial charge in [0.15, 0.2) is 0 Å². The van der Waals surface area contributed by atoms with Gasteiger partial charge in [-0.1, -0.05) is 55.7 Å². The second-order valence-corrected chi connectivity index (χ2v) is 7.98. The van der Waals surface area contributed by atoms with Crippen molar-refractivity contribution < 1.29 is 8.78 Å². The van der Waals surface area contributed by atoms with Crippen molar-refractivity contribution in [3.8, 4) is 11.8 Å². The van der Waals surface area contributed by atoms with E-state index in [9.17, 15) is 8.78 Å². The molecule has 29 heavy (non-hydrogen) atoms. The van der Waals surface area contributed by atoms with Gasteiger partial charge in [-0.3, -0.25) is 0 Å². The first kappa shape index (κ1) is 19.7. The number of fused-ring (bicyclic) bond motifs is 1. The predicted molar refractivity (Wildman–Crippen MR) is 116 cm³/mol. The first-order chi connectivity index (χ1) is 14.1. The van der Waals surface area contributed by atoms with Crippen molar-refractivity contribution in [2.45, 2.75) is 44.9 Å². The van der Waals surface area contributed by atoms with Crippen molar-refractivity contribution >= 4 is 29.1 Å². The molecule has 0 unspecified atom stereocenters. The lowest BCUT2D eigenvalue weighted by atomic mass is 9.88. The summed E-state index contributed by atoms with van der Waals surface area (Å²) < 4.78 is 28.3. The van der Waals surface area contributed by atoms with Gasteiger partial charge in [0.2, 0.25) is 0 Å². The molecule has 2 aliphatic rings.